The topological polar surface area (TPSA) is 88.9 Å². The first-order valence-corrected chi connectivity index (χ1v) is 7.14. The summed E-state index contributed by atoms with van der Waals surface area (Å²) in [5, 5.41) is 10.6. The zero-order valence-corrected chi connectivity index (χ0v) is 12.9. The van der Waals surface area contributed by atoms with Crippen LogP contribution in [0.2, 0.25) is 0 Å². The molecule has 104 valence electrons. The van der Waals surface area contributed by atoms with Crippen LogP contribution in [0.15, 0.2) is 29.1 Å². The van der Waals surface area contributed by atoms with Crippen molar-refractivity contribution < 1.29 is 4.92 Å². The minimum atomic E-state index is -0.462. The molecule has 1 heterocycles. The van der Waals surface area contributed by atoms with Crippen molar-refractivity contribution in [2.45, 2.75) is 19.8 Å². The highest BCUT2D eigenvalue weighted by Crippen LogP contribution is 2.19. The van der Waals surface area contributed by atoms with E-state index in [-0.39, 0.29) is 11.2 Å². The Labute approximate surface area is 128 Å². The summed E-state index contributed by atoms with van der Waals surface area (Å²) in [6.07, 6.45) is 1.62. The number of nitrogens with zero attached hydrogens (tertiary/aromatic N) is 2. The third kappa shape index (κ3) is 3.03. The zero-order valence-electron chi connectivity index (χ0n) is 10.7. The van der Waals surface area contributed by atoms with Gasteiger partial charge < -0.3 is 4.98 Å². The number of nitro groups is 1. The van der Waals surface area contributed by atoms with E-state index >= 15 is 0 Å². The molecule has 0 saturated carbocycles. The highest BCUT2D eigenvalue weighted by atomic mass is 127. The Morgan fingerprint density at radius 1 is 1.35 bits per heavy atom. The molecule has 1 aromatic heterocycles. The molecule has 0 spiro atoms. The van der Waals surface area contributed by atoms with Gasteiger partial charge in [0, 0.05) is 17.7 Å². The number of rotatable bonds is 4. The molecule has 1 N–H and O–H groups in total. The van der Waals surface area contributed by atoms with Gasteiger partial charge in [0.1, 0.15) is 5.82 Å². The molecule has 0 aliphatic carbocycles. The number of aromatic nitrogens is 2. The van der Waals surface area contributed by atoms with Crippen molar-refractivity contribution in [3.8, 4) is 11.4 Å². The van der Waals surface area contributed by atoms with Gasteiger partial charge in [-0.25, -0.2) is 4.98 Å². The molecule has 0 fully saturated rings. The Morgan fingerprint density at radius 2 is 2.00 bits per heavy atom. The Bertz CT molecular complexity index is 695. The lowest BCUT2D eigenvalue weighted by atomic mass is 10.2. The number of H-pyrrole nitrogens is 1. The van der Waals surface area contributed by atoms with E-state index in [2.05, 4.69) is 9.97 Å². The Morgan fingerprint density at radius 3 is 2.55 bits per heavy atom. The maximum atomic E-state index is 11.9. The molecule has 0 radical (unpaired) electrons. The molecule has 6 nitrogen and oxygen atoms in total. The second kappa shape index (κ2) is 6.12. The fraction of sp³-hybridized carbons (Fsp3) is 0.231. The van der Waals surface area contributed by atoms with Gasteiger partial charge in [-0.1, -0.05) is 13.3 Å². The highest BCUT2D eigenvalue weighted by Gasteiger charge is 2.11. The molecular weight excluding hydrogens is 373 g/mol. The first kappa shape index (κ1) is 14.6. The van der Waals surface area contributed by atoms with Crippen LogP contribution in [0.5, 0.6) is 0 Å². The Kier molecular flexibility index (Phi) is 4.48. The van der Waals surface area contributed by atoms with Crippen LogP contribution >= 0.6 is 22.6 Å². The lowest BCUT2D eigenvalue weighted by Crippen LogP contribution is -2.16. The van der Waals surface area contributed by atoms with Gasteiger partial charge >= 0.3 is 0 Å². The van der Waals surface area contributed by atoms with Gasteiger partial charge in [-0.05, 0) is 41.1 Å². The number of aromatic amines is 1. The molecule has 0 atom stereocenters. The summed E-state index contributed by atoms with van der Waals surface area (Å²) in [4.78, 5) is 29.2. The SMILES string of the molecule is CCCc1nc(-c2ccc([N+](=O)[O-])cc2)[nH]c(=O)c1I. The van der Waals surface area contributed by atoms with Crippen molar-refractivity contribution in [3.05, 3.63) is 54.0 Å². The second-order valence-electron chi connectivity index (χ2n) is 4.23. The van der Waals surface area contributed by atoms with Crippen LogP contribution in [-0.2, 0) is 6.42 Å². The predicted molar refractivity (Wildman–Crippen MR) is 83.7 cm³/mol. The van der Waals surface area contributed by atoms with Crippen molar-refractivity contribution in [2.75, 3.05) is 0 Å². The van der Waals surface area contributed by atoms with Crippen molar-refractivity contribution in [1.29, 1.82) is 0 Å². The molecule has 7 heteroatoms. The normalized spacial score (nSPS) is 10.5. The van der Waals surface area contributed by atoms with Gasteiger partial charge in [0.2, 0.25) is 0 Å². The summed E-state index contributed by atoms with van der Waals surface area (Å²) >= 11 is 1.98. The molecule has 0 unspecified atom stereocenters. The minimum absolute atomic E-state index is 0.00962. The number of hydrogen-bond donors (Lipinski definition) is 1. The lowest BCUT2D eigenvalue weighted by Gasteiger charge is -2.06. The summed E-state index contributed by atoms with van der Waals surface area (Å²) < 4.78 is 0.593. The highest BCUT2D eigenvalue weighted by molar-refractivity contribution is 14.1. The Hall–Kier alpha value is -1.77. The van der Waals surface area contributed by atoms with Crippen LogP contribution in [0.3, 0.4) is 0 Å². The summed E-state index contributed by atoms with van der Waals surface area (Å²) in [6, 6.07) is 5.96. The number of hydrogen-bond acceptors (Lipinski definition) is 4. The molecule has 0 bridgehead atoms. The molecule has 2 rings (SSSR count). The largest absolute Gasteiger partial charge is 0.306 e. The van der Waals surface area contributed by atoms with Crippen molar-refractivity contribution in [1.82, 2.24) is 9.97 Å². The van der Waals surface area contributed by atoms with Gasteiger partial charge in [0.05, 0.1) is 14.2 Å². The number of halogens is 1. The van der Waals surface area contributed by atoms with Crippen molar-refractivity contribution in [3.63, 3.8) is 0 Å². The van der Waals surface area contributed by atoms with Crippen molar-refractivity contribution >= 4 is 28.3 Å². The number of nitrogens with one attached hydrogen (secondary N) is 1. The monoisotopic (exact) mass is 385 g/mol. The first-order valence-electron chi connectivity index (χ1n) is 6.06. The molecule has 0 aliphatic rings. The average Bonchev–Trinajstić information content (AvgIpc) is 2.44. The fourth-order valence-corrected chi connectivity index (χ4v) is 2.31. The number of non-ortho nitro benzene ring substituents is 1. The number of aryl methyl sites for hydroxylation is 1. The van der Waals surface area contributed by atoms with Gasteiger partial charge in [-0.15, -0.1) is 0 Å². The zero-order chi connectivity index (χ0) is 14.7. The maximum absolute atomic E-state index is 11.9. The smallest absolute Gasteiger partial charge is 0.269 e. The fourth-order valence-electron chi connectivity index (χ4n) is 1.79. The number of nitro benzene ring substituents is 1. The van der Waals surface area contributed by atoms with E-state index in [0.717, 1.165) is 18.5 Å². The van der Waals surface area contributed by atoms with Crippen LogP contribution in [0.4, 0.5) is 5.69 Å². The van der Waals surface area contributed by atoms with Crippen LogP contribution in [0, 0.1) is 13.7 Å². The van der Waals surface area contributed by atoms with Crippen LogP contribution < -0.4 is 5.56 Å². The summed E-state index contributed by atoms with van der Waals surface area (Å²) in [6.45, 7) is 2.02. The molecule has 2 aromatic rings. The van der Waals surface area contributed by atoms with Crippen LogP contribution in [0.1, 0.15) is 19.0 Å². The average molecular weight is 385 g/mol. The van der Waals surface area contributed by atoms with Gasteiger partial charge in [0.15, 0.2) is 0 Å². The first-order chi connectivity index (χ1) is 9.52. The van der Waals surface area contributed by atoms with E-state index in [0.29, 0.717) is 15.0 Å². The Balaban J connectivity index is 2.47. The van der Waals surface area contributed by atoms with Gasteiger partial charge in [0.25, 0.3) is 11.2 Å². The van der Waals surface area contributed by atoms with E-state index in [4.69, 9.17) is 0 Å². The second-order valence-corrected chi connectivity index (χ2v) is 5.31. The molecule has 20 heavy (non-hydrogen) atoms. The summed E-state index contributed by atoms with van der Waals surface area (Å²) in [7, 11) is 0. The lowest BCUT2D eigenvalue weighted by molar-refractivity contribution is -0.384. The molecule has 0 saturated heterocycles. The van der Waals surface area contributed by atoms with Crippen LogP contribution in [0.25, 0.3) is 11.4 Å². The van der Waals surface area contributed by atoms with E-state index in [1.54, 1.807) is 12.1 Å². The molecule has 1 aromatic carbocycles. The third-order valence-electron chi connectivity index (χ3n) is 2.77. The quantitative estimate of drug-likeness (QED) is 0.498. The van der Waals surface area contributed by atoms with E-state index in [1.165, 1.54) is 12.1 Å². The summed E-state index contributed by atoms with van der Waals surface area (Å²) in [5.41, 5.74) is 1.24. The van der Waals surface area contributed by atoms with Crippen molar-refractivity contribution in [2.24, 2.45) is 0 Å². The number of benzene rings is 1. The van der Waals surface area contributed by atoms with Crippen LogP contribution in [-0.4, -0.2) is 14.9 Å². The maximum Gasteiger partial charge on any atom is 0.269 e. The molecule has 0 aliphatic heterocycles. The molecule has 0 amide bonds. The van der Waals surface area contributed by atoms with Gasteiger partial charge in [-0.2, -0.15) is 0 Å². The minimum Gasteiger partial charge on any atom is -0.306 e. The van der Waals surface area contributed by atoms with E-state index < -0.39 is 4.92 Å². The predicted octanol–water partition coefficient (Wildman–Crippen LogP) is 2.90. The third-order valence-corrected chi connectivity index (χ3v) is 3.88. The molecular formula is C13H12IN3O3. The van der Waals surface area contributed by atoms with Gasteiger partial charge in [-0.3, -0.25) is 14.9 Å². The standard InChI is InChI=1S/C13H12IN3O3/c1-2-3-10-11(14)13(18)16-12(15-10)8-4-6-9(7-5-8)17(19)20/h4-7H,2-3H2,1H3,(H,15,16,18). The summed E-state index contributed by atoms with van der Waals surface area (Å²) in [5.74, 6) is 0.439. The van der Waals surface area contributed by atoms with E-state index in [9.17, 15) is 14.9 Å². The van der Waals surface area contributed by atoms with E-state index in [1.807, 2.05) is 29.5 Å².